The third-order valence-electron chi connectivity index (χ3n) is 17.1. The lowest BCUT2D eigenvalue weighted by Crippen LogP contribution is -2.62. The number of nitrogens with one attached hydrogen (secondary N) is 1. The van der Waals surface area contributed by atoms with E-state index in [1.54, 1.807) is 25.6 Å². The summed E-state index contributed by atoms with van der Waals surface area (Å²) in [4.78, 5) is 80.8. The average molecular weight is 1200 g/mol. The zero-order valence-corrected chi connectivity index (χ0v) is 49.5. The van der Waals surface area contributed by atoms with E-state index in [2.05, 4.69) is 45.5 Å². The molecule has 8 aliphatic carbocycles. The van der Waals surface area contributed by atoms with Crippen LogP contribution in [0.15, 0.2) is 48.6 Å². The van der Waals surface area contributed by atoms with Gasteiger partial charge in [0.25, 0.3) is 20.2 Å². The largest absolute Gasteiger partial charge is 0.462 e. The summed E-state index contributed by atoms with van der Waals surface area (Å²) in [6.45, 7) is 25.5. The molecule has 0 aromatic carbocycles. The van der Waals surface area contributed by atoms with Crippen LogP contribution in [-0.2, 0) is 95.3 Å². The number of ether oxygens (including phenoxy) is 8. The van der Waals surface area contributed by atoms with Crippen molar-refractivity contribution in [1.29, 1.82) is 0 Å². The molecule has 1 N–H and O–H groups in total. The lowest BCUT2D eigenvalue weighted by molar-refractivity contribution is -0.221. The fraction of sp³-hybridized carbons (Fsp3) is 0.732. The molecule has 1 amide bonds. The van der Waals surface area contributed by atoms with Gasteiger partial charge in [-0.05, 0) is 115 Å². The monoisotopic (exact) mass is 1200 g/mol. The third kappa shape index (κ3) is 15.1. The fourth-order valence-electron chi connectivity index (χ4n) is 13.7. The third-order valence-corrected chi connectivity index (χ3v) is 21.6. The summed E-state index contributed by atoms with van der Waals surface area (Å²) in [7, 11) is -7.07. The number of hydrogen-bond donors (Lipinski definition) is 1. The van der Waals surface area contributed by atoms with Gasteiger partial charge < -0.3 is 43.2 Å². The van der Waals surface area contributed by atoms with Gasteiger partial charge in [0.2, 0.25) is 6.29 Å². The van der Waals surface area contributed by atoms with Crippen LogP contribution in [0, 0.1) is 53.3 Å². The first kappa shape index (κ1) is 63.8. The second kappa shape index (κ2) is 26.8. The van der Waals surface area contributed by atoms with Gasteiger partial charge in [0.15, 0.2) is 0 Å². The number of carbonyl (C=O) groups is 7. The predicted octanol–water partition coefficient (Wildman–Crippen LogP) is 5.97. The van der Waals surface area contributed by atoms with Crippen LogP contribution >= 0.6 is 11.8 Å². The Hall–Kier alpha value is -4.82. The quantitative estimate of drug-likeness (QED) is 0.0544. The van der Waals surface area contributed by atoms with Gasteiger partial charge in [0.05, 0.1) is 42.2 Å². The van der Waals surface area contributed by atoms with E-state index in [9.17, 15) is 50.4 Å². The van der Waals surface area contributed by atoms with Crippen molar-refractivity contribution in [1.82, 2.24) is 5.32 Å². The zero-order valence-electron chi connectivity index (χ0n) is 47.1. The van der Waals surface area contributed by atoms with Gasteiger partial charge in [-0.1, -0.05) is 40.2 Å². The fourth-order valence-corrected chi connectivity index (χ4v) is 18.2. The lowest BCUT2D eigenvalue weighted by atomic mass is 9.47. The zero-order chi connectivity index (χ0) is 59.3. The van der Waals surface area contributed by atoms with Crippen molar-refractivity contribution in [2.24, 2.45) is 53.3 Å². The Morgan fingerprint density at radius 3 is 1.56 bits per heavy atom. The van der Waals surface area contributed by atoms with E-state index < -0.39 is 85.1 Å². The Kier molecular flexibility index (Phi) is 21.1. The van der Waals surface area contributed by atoms with Gasteiger partial charge in [-0.3, -0.25) is 18.0 Å². The van der Waals surface area contributed by atoms with Gasteiger partial charge >= 0.3 is 41.9 Å². The summed E-state index contributed by atoms with van der Waals surface area (Å²) in [6, 6.07) is 0. The van der Waals surface area contributed by atoms with E-state index >= 15 is 0 Å². The summed E-state index contributed by atoms with van der Waals surface area (Å²) in [6.07, 6.45) is 5.16. The Balaban J connectivity index is 0.000000161. The molecule has 8 saturated carbocycles. The number of hydrogen-bond acceptors (Lipinski definition) is 22. The highest BCUT2D eigenvalue weighted by Crippen LogP contribution is 2.62. The molecule has 0 radical (unpaired) electrons. The predicted molar refractivity (Wildman–Crippen MR) is 291 cm³/mol. The molecular weight excluding hydrogens is 1120 g/mol. The maximum atomic E-state index is 12.1. The second-order valence-corrected chi connectivity index (χ2v) is 28.0. The molecule has 25 heteroatoms. The van der Waals surface area contributed by atoms with Crippen molar-refractivity contribution in [2.75, 3.05) is 44.5 Å². The molecular formula is C56H79NO21S3. The van der Waals surface area contributed by atoms with Gasteiger partial charge in [-0.15, -0.1) is 0 Å². The van der Waals surface area contributed by atoms with Crippen LogP contribution in [0.3, 0.4) is 0 Å². The standard InChI is InChI=1S/C17H22O9S.C17H26O2.C14H19NO7S.C8H12O3S/c1-9(2)17(20)24-6-5-23-13(18)3-4-14(19)25-15-10-7-11-12(8-10)27(21,22)26-16(11)15;1-10(2)16(18)19-17(11(3)4)14-6-12-5-13(8-14)9-15(17)7-12;1-7(2)13(16)20-4-3-15-14(17)21-11-8-5-9-10(6-8)23(18,19)22-12(9)11;1-6(2)8(9)11-7-5-12-4-3-10-7/h10-12,15-16H,1,3-8H2,2H3;11-15H,1,5-9H2,2-4H3;8-12H,1,3-6H2,2H3,(H,15,17);7H,1,3-5H2,2H3. The van der Waals surface area contributed by atoms with E-state index in [1.807, 2.05) is 0 Å². The molecule has 11 rings (SSSR count). The van der Waals surface area contributed by atoms with Crippen molar-refractivity contribution in [3.63, 3.8) is 0 Å². The van der Waals surface area contributed by atoms with Crippen LogP contribution in [0.2, 0.25) is 0 Å². The van der Waals surface area contributed by atoms with Gasteiger partial charge in [-0.25, -0.2) is 24.0 Å². The molecule has 11 aliphatic rings. The number of fused-ring (bicyclic) bond motifs is 2. The number of amides is 1. The molecule has 3 saturated heterocycles. The summed E-state index contributed by atoms with van der Waals surface area (Å²) in [5.41, 5.74) is 1.27. The first-order valence-electron chi connectivity index (χ1n) is 27.8. The minimum atomic E-state index is -3.56. The van der Waals surface area contributed by atoms with E-state index in [1.165, 1.54) is 46.0 Å². The normalized spacial score (nSPS) is 34.5. The number of esters is 6. The van der Waals surface area contributed by atoms with Crippen molar-refractivity contribution in [2.45, 2.75) is 159 Å². The summed E-state index contributed by atoms with van der Waals surface area (Å²) in [5, 5.41) is 1.55. The van der Waals surface area contributed by atoms with Crippen LogP contribution in [0.1, 0.15) is 112 Å². The summed E-state index contributed by atoms with van der Waals surface area (Å²) >= 11 is 1.72. The molecule has 8 bridgehead atoms. The molecule has 81 heavy (non-hydrogen) atoms. The lowest BCUT2D eigenvalue weighted by Gasteiger charge is -2.61. The SMILES string of the molecule is C=C(C)C(=O)OC1(C(C)C)C2CC3CC(C2)CC1C3.C=C(C)C(=O)OC1CSCCO1.C=C(C)C(=O)OCCNC(=O)OC1C2CC3C1OS(=O)(=O)C3C2.C=C(C)C(=O)OCCOC(=O)CCC(=O)OC1C2CC3C1OS(=O)(=O)C3C2. The van der Waals surface area contributed by atoms with Crippen LogP contribution in [0.25, 0.3) is 0 Å². The maximum Gasteiger partial charge on any atom is 0.407 e. The highest BCUT2D eigenvalue weighted by Gasteiger charge is 2.67. The Labute approximate surface area is 479 Å². The first-order valence-corrected chi connectivity index (χ1v) is 31.9. The van der Waals surface area contributed by atoms with Gasteiger partial charge in [0.1, 0.15) is 49.8 Å². The smallest absolute Gasteiger partial charge is 0.407 e. The average Bonchev–Trinajstić information content (AvgIpc) is 4.25. The van der Waals surface area contributed by atoms with E-state index in [0.29, 0.717) is 61.2 Å². The molecule has 3 heterocycles. The van der Waals surface area contributed by atoms with Crippen molar-refractivity contribution in [3.8, 4) is 0 Å². The van der Waals surface area contributed by atoms with E-state index in [-0.39, 0.29) is 97.9 Å². The van der Waals surface area contributed by atoms with Crippen molar-refractivity contribution >= 4 is 73.9 Å². The van der Waals surface area contributed by atoms with Crippen LogP contribution in [0.5, 0.6) is 0 Å². The summed E-state index contributed by atoms with van der Waals surface area (Å²) < 4.78 is 99.0. The molecule has 0 aromatic heterocycles. The molecule has 0 aromatic rings. The number of thioether (sulfide) groups is 1. The number of carbonyl (C=O) groups excluding carboxylic acids is 7. The Morgan fingerprint density at radius 2 is 1.07 bits per heavy atom. The van der Waals surface area contributed by atoms with Gasteiger partial charge in [0, 0.05) is 51.7 Å². The van der Waals surface area contributed by atoms with Gasteiger partial charge in [-0.2, -0.15) is 28.6 Å². The molecule has 0 spiro atoms. The Morgan fingerprint density at radius 1 is 0.593 bits per heavy atom. The maximum absolute atomic E-state index is 12.1. The highest BCUT2D eigenvalue weighted by atomic mass is 32.2. The number of alkyl carbamates (subject to hydrolysis) is 1. The Bertz CT molecular complexity index is 2650. The summed E-state index contributed by atoms with van der Waals surface area (Å²) in [5.74, 6) is 2.06. The van der Waals surface area contributed by atoms with Crippen LogP contribution in [-0.4, -0.2) is 150 Å². The van der Waals surface area contributed by atoms with Crippen molar-refractivity contribution < 1.29 is 96.7 Å². The molecule has 22 nitrogen and oxygen atoms in total. The highest BCUT2D eigenvalue weighted by molar-refractivity contribution is 7.99. The minimum Gasteiger partial charge on any atom is -0.462 e. The molecule has 11 fully saturated rings. The molecule has 11 unspecified atom stereocenters. The minimum absolute atomic E-state index is 0.00783. The number of rotatable bonds is 18. The second-order valence-electron chi connectivity index (χ2n) is 23.3. The molecule has 452 valence electrons. The first-order chi connectivity index (χ1) is 38.1. The van der Waals surface area contributed by atoms with E-state index in [0.717, 1.165) is 23.3 Å². The van der Waals surface area contributed by atoms with E-state index in [4.69, 9.17) is 46.3 Å². The van der Waals surface area contributed by atoms with Crippen LogP contribution < -0.4 is 5.32 Å². The molecule has 11 atom stereocenters. The van der Waals surface area contributed by atoms with Crippen molar-refractivity contribution in [3.05, 3.63) is 48.6 Å². The topological polar surface area (TPSA) is 292 Å². The van der Waals surface area contributed by atoms with Crippen LogP contribution in [0.4, 0.5) is 4.79 Å². The molecule has 3 aliphatic heterocycles.